The number of hydrogen-bond acceptors (Lipinski definition) is 1. The number of rotatable bonds is 17. The molecule has 0 aromatic carbocycles. The summed E-state index contributed by atoms with van der Waals surface area (Å²) in [4.78, 5) is 9.17. The van der Waals surface area contributed by atoms with Gasteiger partial charge in [0.05, 0.1) is 27.2 Å². The molecule has 0 fully saturated rings. The fourth-order valence-corrected chi connectivity index (χ4v) is 2.89. The van der Waals surface area contributed by atoms with Crippen molar-refractivity contribution in [2.75, 3.05) is 27.2 Å². The molecule has 152 valence electrons. The summed E-state index contributed by atoms with van der Waals surface area (Å²) in [7, 11) is 4.70. The van der Waals surface area contributed by atoms with Crippen LogP contribution in [0.5, 0.6) is 0 Å². The molecule has 0 aliphatic carbocycles. The van der Waals surface area contributed by atoms with Gasteiger partial charge in [0.25, 0.3) is 0 Å². The number of quaternary nitrogens is 1. The van der Waals surface area contributed by atoms with E-state index >= 15 is 0 Å². The number of nitrogens with zero attached hydrogens (tertiary/aromatic N) is 1. The first-order valence-corrected chi connectivity index (χ1v) is 11.3. The van der Waals surface area contributed by atoms with Gasteiger partial charge < -0.3 is 9.28 Å². The summed E-state index contributed by atoms with van der Waals surface area (Å²) in [6.07, 6.45) is 21.9. The molecular weight excluding hydrogens is 306 g/mol. The highest BCUT2D eigenvalue weighted by molar-refractivity contribution is 5.48. The second kappa shape index (κ2) is 21.7. The van der Waals surface area contributed by atoms with Crippen LogP contribution in [0.25, 0.3) is 0 Å². The van der Waals surface area contributed by atoms with E-state index in [-0.39, 0.29) is 0 Å². The van der Waals surface area contributed by atoms with E-state index in [1.807, 2.05) is 6.92 Å². The largest absolute Gasteiger partial charge is 0.329 e. The second-order valence-corrected chi connectivity index (χ2v) is 8.15. The molecule has 0 heterocycles. The molecule has 0 aromatic rings. The first-order valence-electron chi connectivity index (χ1n) is 11.3. The molecule has 0 atom stereocenters. The highest BCUT2D eigenvalue weighted by atomic mass is 16.1. The normalized spacial score (nSPS) is 11.1. The molecule has 2 heteroatoms. The van der Waals surface area contributed by atoms with Crippen LogP contribution in [0.4, 0.5) is 0 Å². The summed E-state index contributed by atoms with van der Waals surface area (Å²) in [5.41, 5.74) is 0. The minimum atomic E-state index is 0.639. The Morgan fingerprint density at radius 3 is 1.20 bits per heavy atom. The van der Waals surface area contributed by atoms with Crippen molar-refractivity contribution in [3.63, 3.8) is 0 Å². The van der Waals surface area contributed by atoms with Crippen LogP contribution in [-0.4, -0.2) is 38.0 Å². The molecule has 0 unspecified atom stereocenters. The van der Waals surface area contributed by atoms with Gasteiger partial charge in [-0.1, -0.05) is 90.9 Å². The standard InChI is InChI=1S/C20H44N.C3H6O/c1-5-7-8-9-10-11-12-13-14-15-16-17-18-19-20-21(3,4)6-2;1-2-3-4/h5-20H2,1-4H3;3H,2H2,1H3/q+1;. The zero-order chi connectivity index (χ0) is 19.2. The van der Waals surface area contributed by atoms with Crippen LogP contribution in [0, 0.1) is 0 Å². The lowest BCUT2D eigenvalue weighted by molar-refractivity contribution is -0.888. The quantitative estimate of drug-likeness (QED) is 0.153. The molecule has 0 saturated carbocycles. The van der Waals surface area contributed by atoms with Crippen molar-refractivity contribution < 1.29 is 9.28 Å². The van der Waals surface area contributed by atoms with E-state index < -0.39 is 0 Å². The average molecular weight is 357 g/mol. The van der Waals surface area contributed by atoms with Crippen LogP contribution in [0.15, 0.2) is 0 Å². The molecule has 0 aliphatic rings. The van der Waals surface area contributed by atoms with Crippen LogP contribution in [0.2, 0.25) is 0 Å². The number of unbranched alkanes of at least 4 members (excludes halogenated alkanes) is 13. The van der Waals surface area contributed by atoms with Gasteiger partial charge in [-0.3, -0.25) is 0 Å². The predicted molar refractivity (Wildman–Crippen MR) is 114 cm³/mol. The number of hydrogen-bond donors (Lipinski definition) is 0. The van der Waals surface area contributed by atoms with Crippen molar-refractivity contribution in [2.45, 2.75) is 117 Å². The Bertz CT molecular complexity index is 250. The lowest BCUT2D eigenvalue weighted by Gasteiger charge is -2.28. The Hall–Kier alpha value is -0.370. The molecule has 0 rings (SSSR count). The van der Waals surface area contributed by atoms with Crippen molar-refractivity contribution in [1.82, 2.24) is 0 Å². The molecule has 25 heavy (non-hydrogen) atoms. The third-order valence-corrected chi connectivity index (χ3v) is 5.14. The predicted octanol–water partition coefficient (Wildman–Crippen LogP) is 7.16. The van der Waals surface area contributed by atoms with Crippen molar-refractivity contribution in [1.29, 1.82) is 0 Å². The van der Waals surface area contributed by atoms with Gasteiger partial charge in [0.15, 0.2) is 0 Å². The summed E-state index contributed by atoms with van der Waals surface area (Å²) >= 11 is 0. The monoisotopic (exact) mass is 356 g/mol. The first kappa shape index (κ1) is 26.9. The summed E-state index contributed by atoms with van der Waals surface area (Å²) in [5, 5.41) is 0. The third kappa shape index (κ3) is 26.0. The maximum Gasteiger partial charge on any atom is 0.119 e. The van der Waals surface area contributed by atoms with Crippen molar-refractivity contribution >= 4 is 6.29 Å². The van der Waals surface area contributed by atoms with Gasteiger partial charge in [0.2, 0.25) is 0 Å². The Labute approximate surface area is 160 Å². The Balaban J connectivity index is 0. The molecule has 0 aromatic heterocycles. The summed E-state index contributed by atoms with van der Waals surface area (Å²) in [6.45, 7) is 9.02. The summed E-state index contributed by atoms with van der Waals surface area (Å²) in [5.74, 6) is 0. The molecule has 0 radical (unpaired) electrons. The van der Waals surface area contributed by atoms with E-state index in [1.165, 1.54) is 107 Å². The lowest BCUT2D eigenvalue weighted by Crippen LogP contribution is -2.39. The van der Waals surface area contributed by atoms with Crippen LogP contribution in [0.1, 0.15) is 117 Å². The summed E-state index contributed by atoms with van der Waals surface area (Å²) in [6, 6.07) is 0. The average Bonchev–Trinajstić information content (AvgIpc) is 2.62. The Morgan fingerprint density at radius 2 is 0.920 bits per heavy atom. The third-order valence-electron chi connectivity index (χ3n) is 5.14. The fourth-order valence-electron chi connectivity index (χ4n) is 2.89. The van der Waals surface area contributed by atoms with Crippen molar-refractivity contribution in [3.8, 4) is 0 Å². The molecule has 0 amide bonds. The number of carbonyl (C=O) groups is 1. The zero-order valence-corrected chi connectivity index (χ0v) is 18.5. The maximum atomic E-state index is 9.17. The first-order chi connectivity index (χ1) is 12.0. The van der Waals surface area contributed by atoms with Crippen molar-refractivity contribution in [2.24, 2.45) is 0 Å². The van der Waals surface area contributed by atoms with Gasteiger partial charge in [-0.15, -0.1) is 0 Å². The van der Waals surface area contributed by atoms with E-state index in [0.717, 1.165) is 6.29 Å². The minimum absolute atomic E-state index is 0.639. The molecule has 0 aliphatic heterocycles. The number of aldehydes is 1. The molecule has 2 nitrogen and oxygen atoms in total. The van der Waals surface area contributed by atoms with E-state index in [9.17, 15) is 4.79 Å². The van der Waals surface area contributed by atoms with Gasteiger partial charge in [0.1, 0.15) is 6.29 Å². The highest BCUT2D eigenvalue weighted by Gasteiger charge is 2.09. The molecule has 0 spiro atoms. The van der Waals surface area contributed by atoms with Gasteiger partial charge in [-0.05, 0) is 19.8 Å². The Kier molecular flexibility index (Phi) is 23.3. The SMILES string of the molecule is CCC=O.CCCCCCCCCCCCCCCC[N+](C)(C)CC. The minimum Gasteiger partial charge on any atom is -0.329 e. The number of carbonyl (C=O) groups excluding carboxylic acids is 1. The zero-order valence-electron chi connectivity index (χ0n) is 18.5. The smallest absolute Gasteiger partial charge is 0.119 e. The molecular formula is C23H50NO+. The van der Waals surface area contributed by atoms with Gasteiger partial charge in [0, 0.05) is 6.42 Å². The Morgan fingerprint density at radius 1 is 0.600 bits per heavy atom. The maximum absolute atomic E-state index is 9.17. The fraction of sp³-hybridized carbons (Fsp3) is 0.957. The van der Waals surface area contributed by atoms with Gasteiger partial charge in [-0.25, -0.2) is 0 Å². The second-order valence-electron chi connectivity index (χ2n) is 8.15. The van der Waals surface area contributed by atoms with Crippen LogP contribution in [0.3, 0.4) is 0 Å². The van der Waals surface area contributed by atoms with Crippen LogP contribution >= 0.6 is 0 Å². The molecule has 0 bridgehead atoms. The van der Waals surface area contributed by atoms with E-state index in [2.05, 4.69) is 27.9 Å². The highest BCUT2D eigenvalue weighted by Crippen LogP contribution is 2.13. The van der Waals surface area contributed by atoms with Crippen molar-refractivity contribution in [3.05, 3.63) is 0 Å². The topological polar surface area (TPSA) is 17.1 Å². The van der Waals surface area contributed by atoms with Gasteiger partial charge >= 0.3 is 0 Å². The van der Waals surface area contributed by atoms with E-state index in [1.54, 1.807) is 0 Å². The van der Waals surface area contributed by atoms with Crippen LogP contribution < -0.4 is 0 Å². The molecule has 0 saturated heterocycles. The van der Waals surface area contributed by atoms with E-state index in [0.29, 0.717) is 6.42 Å². The van der Waals surface area contributed by atoms with Gasteiger partial charge in [-0.2, -0.15) is 0 Å². The lowest BCUT2D eigenvalue weighted by atomic mass is 10.0. The molecule has 0 N–H and O–H groups in total. The van der Waals surface area contributed by atoms with Crippen LogP contribution in [-0.2, 0) is 4.79 Å². The van der Waals surface area contributed by atoms with E-state index in [4.69, 9.17) is 0 Å². The summed E-state index contributed by atoms with van der Waals surface area (Å²) < 4.78 is 1.19.